The quantitative estimate of drug-likeness (QED) is 0.833. The molecular formula is C21H28N2O3. The summed E-state index contributed by atoms with van der Waals surface area (Å²) >= 11 is 0. The molecule has 2 aliphatic carbocycles. The summed E-state index contributed by atoms with van der Waals surface area (Å²) in [7, 11) is 1.82. The second-order valence-corrected chi connectivity index (χ2v) is 8.00. The molecule has 140 valence electrons. The lowest BCUT2D eigenvalue weighted by Gasteiger charge is -2.42. The summed E-state index contributed by atoms with van der Waals surface area (Å²) in [6, 6.07) is 9.49. The second kappa shape index (κ2) is 7.03. The van der Waals surface area contributed by atoms with Gasteiger partial charge >= 0.3 is 0 Å². The Balaban J connectivity index is 1.53. The van der Waals surface area contributed by atoms with Gasteiger partial charge in [0.25, 0.3) is 0 Å². The van der Waals surface area contributed by atoms with Crippen LogP contribution in [0.5, 0.6) is 0 Å². The molecular weight excluding hydrogens is 328 g/mol. The smallest absolute Gasteiger partial charge is 0.247 e. The molecule has 1 aliphatic heterocycles. The lowest BCUT2D eigenvalue weighted by atomic mass is 9.89. The number of hydrogen-bond acceptors (Lipinski definition) is 3. The molecule has 2 amide bonds. The van der Waals surface area contributed by atoms with Crippen LogP contribution in [0.2, 0.25) is 0 Å². The molecule has 1 aromatic rings. The molecule has 4 rings (SSSR count). The molecule has 5 heteroatoms. The number of rotatable bonds is 4. The summed E-state index contributed by atoms with van der Waals surface area (Å²) in [5.74, 6) is 0.228. The molecule has 1 aromatic carbocycles. The summed E-state index contributed by atoms with van der Waals surface area (Å²) < 4.78 is 6.18. The zero-order chi connectivity index (χ0) is 18.1. The molecule has 0 bridgehead atoms. The fraction of sp³-hybridized carbons (Fsp3) is 0.619. The van der Waals surface area contributed by atoms with Crippen LogP contribution in [0.15, 0.2) is 30.3 Å². The first kappa shape index (κ1) is 17.5. The Labute approximate surface area is 155 Å². The molecule has 1 unspecified atom stereocenters. The summed E-state index contributed by atoms with van der Waals surface area (Å²) in [5.41, 5.74) is 0.556. The summed E-state index contributed by atoms with van der Waals surface area (Å²) in [6.45, 7) is 0.880. The molecule has 3 aliphatic rings. The SMILES string of the molecule is CN(Cc1ccccc1)C(=O)C1COC2(CCCCC2)N1C(=O)C1CC1. The largest absolute Gasteiger partial charge is 0.353 e. The van der Waals surface area contributed by atoms with Crippen LogP contribution in [-0.2, 0) is 20.9 Å². The number of benzene rings is 1. The summed E-state index contributed by atoms with van der Waals surface area (Å²) in [4.78, 5) is 29.8. The average molecular weight is 356 g/mol. The van der Waals surface area contributed by atoms with Crippen molar-refractivity contribution >= 4 is 11.8 Å². The van der Waals surface area contributed by atoms with Crippen molar-refractivity contribution in [2.45, 2.75) is 63.3 Å². The number of likely N-dealkylation sites (N-methyl/N-ethyl adjacent to an activating group) is 1. The van der Waals surface area contributed by atoms with Crippen LogP contribution in [0.4, 0.5) is 0 Å². The van der Waals surface area contributed by atoms with Crippen molar-refractivity contribution < 1.29 is 14.3 Å². The number of ether oxygens (including phenoxy) is 1. The Morgan fingerprint density at radius 2 is 1.85 bits per heavy atom. The van der Waals surface area contributed by atoms with Gasteiger partial charge < -0.3 is 9.64 Å². The van der Waals surface area contributed by atoms with Crippen LogP contribution >= 0.6 is 0 Å². The van der Waals surface area contributed by atoms with Crippen LogP contribution in [-0.4, -0.2) is 47.0 Å². The van der Waals surface area contributed by atoms with Gasteiger partial charge in [-0.05, 0) is 44.1 Å². The van der Waals surface area contributed by atoms with Gasteiger partial charge in [-0.2, -0.15) is 0 Å². The predicted molar refractivity (Wildman–Crippen MR) is 98.0 cm³/mol. The summed E-state index contributed by atoms with van der Waals surface area (Å²) in [5, 5.41) is 0. The Kier molecular flexibility index (Phi) is 4.74. The van der Waals surface area contributed by atoms with E-state index in [1.54, 1.807) is 4.90 Å². The van der Waals surface area contributed by atoms with Gasteiger partial charge in [-0.25, -0.2) is 0 Å². The van der Waals surface area contributed by atoms with E-state index < -0.39 is 11.8 Å². The van der Waals surface area contributed by atoms with E-state index in [1.165, 1.54) is 6.42 Å². The highest BCUT2D eigenvalue weighted by atomic mass is 16.5. The second-order valence-electron chi connectivity index (χ2n) is 8.00. The molecule has 1 spiro atoms. The molecule has 2 saturated carbocycles. The van der Waals surface area contributed by atoms with Gasteiger partial charge in [-0.3, -0.25) is 14.5 Å². The minimum absolute atomic E-state index is 0.00898. The molecule has 1 heterocycles. The lowest BCUT2D eigenvalue weighted by Crippen LogP contribution is -2.57. The van der Waals surface area contributed by atoms with Crippen LogP contribution in [0.1, 0.15) is 50.5 Å². The van der Waals surface area contributed by atoms with Crippen molar-refractivity contribution in [3.63, 3.8) is 0 Å². The predicted octanol–water partition coefficient (Wildman–Crippen LogP) is 2.94. The number of carbonyl (C=O) groups is 2. The highest BCUT2D eigenvalue weighted by Crippen LogP contribution is 2.44. The van der Waals surface area contributed by atoms with Gasteiger partial charge in [0.05, 0.1) is 6.61 Å². The third kappa shape index (κ3) is 3.25. The minimum Gasteiger partial charge on any atom is -0.353 e. The van der Waals surface area contributed by atoms with Gasteiger partial charge in [0, 0.05) is 19.5 Å². The van der Waals surface area contributed by atoms with Gasteiger partial charge in [0.2, 0.25) is 11.8 Å². The van der Waals surface area contributed by atoms with Gasteiger partial charge in [-0.15, -0.1) is 0 Å². The van der Waals surface area contributed by atoms with E-state index in [-0.39, 0.29) is 17.7 Å². The molecule has 0 aromatic heterocycles. The van der Waals surface area contributed by atoms with Crippen LogP contribution in [0.3, 0.4) is 0 Å². The van der Waals surface area contributed by atoms with Crippen molar-refractivity contribution in [2.75, 3.05) is 13.7 Å². The maximum atomic E-state index is 13.2. The highest BCUT2D eigenvalue weighted by molar-refractivity contribution is 5.90. The van der Waals surface area contributed by atoms with Crippen LogP contribution in [0, 0.1) is 5.92 Å². The van der Waals surface area contributed by atoms with Crippen molar-refractivity contribution in [3.05, 3.63) is 35.9 Å². The van der Waals surface area contributed by atoms with E-state index in [1.807, 2.05) is 42.3 Å². The zero-order valence-electron chi connectivity index (χ0n) is 15.5. The molecule has 0 N–H and O–H groups in total. The minimum atomic E-state index is -0.536. The Bertz CT molecular complexity index is 665. The van der Waals surface area contributed by atoms with E-state index >= 15 is 0 Å². The standard InChI is InChI=1S/C21H28N2O3/c1-22(14-16-8-4-2-5-9-16)20(25)18-15-26-21(12-6-3-7-13-21)23(18)19(24)17-10-11-17/h2,4-5,8-9,17-18H,3,6-7,10-15H2,1H3. The lowest BCUT2D eigenvalue weighted by molar-refractivity contribution is -0.162. The van der Waals surface area contributed by atoms with Crippen molar-refractivity contribution in [1.29, 1.82) is 0 Å². The fourth-order valence-corrected chi connectivity index (χ4v) is 4.40. The highest BCUT2D eigenvalue weighted by Gasteiger charge is 2.55. The monoisotopic (exact) mass is 356 g/mol. The topological polar surface area (TPSA) is 49.9 Å². The van der Waals surface area contributed by atoms with E-state index in [0.717, 1.165) is 44.1 Å². The molecule has 1 saturated heterocycles. The Morgan fingerprint density at radius 1 is 1.15 bits per heavy atom. The average Bonchev–Trinajstić information content (AvgIpc) is 3.45. The van der Waals surface area contributed by atoms with Crippen molar-refractivity contribution in [1.82, 2.24) is 9.80 Å². The Hall–Kier alpha value is -1.88. The third-order valence-electron chi connectivity index (χ3n) is 5.98. The number of hydrogen-bond donors (Lipinski definition) is 0. The number of amides is 2. The zero-order valence-corrected chi connectivity index (χ0v) is 15.5. The molecule has 0 radical (unpaired) electrons. The van der Waals surface area contributed by atoms with Gasteiger partial charge in [-0.1, -0.05) is 36.8 Å². The van der Waals surface area contributed by atoms with Crippen molar-refractivity contribution in [2.24, 2.45) is 5.92 Å². The first-order chi connectivity index (χ1) is 12.6. The van der Waals surface area contributed by atoms with E-state index in [0.29, 0.717) is 13.2 Å². The van der Waals surface area contributed by atoms with Crippen LogP contribution in [0.25, 0.3) is 0 Å². The molecule has 26 heavy (non-hydrogen) atoms. The van der Waals surface area contributed by atoms with Gasteiger partial charge in [0.1, 0.15) is 11.8 Å². The van der Waals surface area contributed by atoms with E-state index in [9.17, 15) is 9.59 Å². The molecule has 5 nitrogen and oxygen atoms in total. The Morgan fingerprint density at radius 3 is 2.50 bits per heavy atom. The van der Waals surface area contributed by atoms with E-state index in [4.69, 9.17) is 4.74 Å². The molecule has 1 atom stereocenters. The number of nitrogens with zero attached hydrogens (tertiary/aromatic N) is 2. The summed E-state index contributed by atoms with van der Waals surface area (Å²) in [6.07, 6.45) is 6.93. The van der Waals surface area contributed by atoms with Crippen molar-refractivity contribution in [3.8, 4) is 0 Å². The van der Waals surface area contributed by atoms with Crippen LogP contribution < -0.4 is 0 Å². The fourth-order valence-electron chi connectivity index (χ4n) is 4.40. The normalized spacial score (nSPS) is 24.7. The molecule has 3 fully saturated rings. The van der Waals surface area contributed by atoms with E-state index in [2.05, 4.69) is 0 Å². The maximum absolute atomic E-state index is 13.2. The first-order valence-electron chi connectivity index (χ1n) is 9.87. The first-order valence-corrected chi connectivity index (χ1v) is 9.87. The maximum Gasteiger partial charge on any atom is 0.247 e. The third-order valence-corrected chi connectivity index (χ3v) is 5.98. The van der Waals surface area contributed by atoms with Gasteiger partial charge in [0.15, 0.2) is 0 Å². The number of carbonyl (C=O) groups excluding carboxylic acids is 2.